The van der Waals surface area contributed by atoms with Crippen LogP contribution >= 0.6 is 0 Å². The number of aliphatic hydroxyl groups is 1. The third-order valence-electron chi connectivity index (χ3n) is 4.74. The molecule has 1 aromatic rings. The molecule has 22 heavy (non-hydrogen) atoms. The van der Waals surface area contributed by atoms with Gasteiger partial charge in [-0.15, -0.1) is 5.10 Å². The molecule has 6 nitrogen and oxygen atoms in total. The van der Waals surface area contributed by atoms with Gasteiger partial charge in [-0.3, -0.25) is 4.79 Å². The van der Waals surface area contributed by atoms with Crippen LogP contribution in [-0.4, -0.2) is 50.1 Å². The summed E-state index contributed by atoms with van der Waals surface area (Å²) in [4.78, 5) is 14.3. The van der Waals surface area contributed by atoms with Crippen molar-refractivity contribution in [2.75, 3.05) is 13.2 Å². The Hall–Kier alpha value is -1.57. The van der Waals surface area contributed by atoms with Crippen molar-refractivity contribution < 1.29 is 18.7 Å². The molecule has 0 radical (unpaired) electrons. The van der Waals surface area contributed by atoms with Crippen molar-refractivity contribution in [3.8, 4) is 0 Å². The van der Waals surface area contributed by atoms with Crippen LogP contribution in [0, 0.1) is 5.92 Å². The Bertz CT molecular complexity index is 543. The van der Waals surface area contributed by atoms with Gasteiger partial charge in [0, 0.05) is 12.6 Å². The number of likely N-dealkylation sites (tertiary alicyclic amines) is 1. The summed E-state index contributed by atoms with van der Waals surface area (Å²) in [7, 11) is 0. The second-order valence-corrected chi connectivity index (χ2v) is 6.12. The van der Waals surface area contributed by atoms with Crippen LogP contribution < -0.4 is 0 Å². The van der Waals surface area contributed by atoms with Crippen LogP contribution in [0.1, 0.15) is 49.0 Å². The van der Waals surface area contributed by atoms with Gasteiger partial charge in [0.1, 0.15) is 6.61 Å². The molecule has 2 heterocycles. The molecule has 1 unspecified atom stereocenters. The van der Waals surface area contributed by atoms with Crippen LogP contribution in [0.25, 0.3) is 0 Å². The molecular formula is C14H20F2N4O2. The van der Waals surface area contributed by atoms with E-state index in [2.05, 4.69) is 10.3 Å². The highest BCUT2D eigenvalue weighted by molar-refractivity contribution is 5.92. The lowest BCUT2D eigenvalue weighted by atomic mass is 9.96. The van der Waals surface area contributed by atoms with Crippen molar-refractivity contribution in [1.29, 1.82) is 0 Å². The molecule has 1 saturated carbocycles. The van der Waals surface area contributed by atoms with Crippen LogP contribution in [0.15, 0.2) is 6.20 Å². The van der Waals surface area contributed by atoms with E-state index in [1.807, 2.05) is 0 Å². The second-order valence-electron chi connectivity index (χ2n) is 6.12. The molecule has 0 aromatic carbocycles. The van der Waals surface area contributed by atoms with Crippen LogP contribution in [0.3, 0.4) is 0 Å². The molecule has 0 bridgehead atoms. The zero-order valence-corrected chi connectivity index (χ0v) is 12.3. The third kappa shape index (κ3) is 2.71. The van der Waals surface area contributed by atoms with Gasteiger partial charge in [0.2, 0.25) is 0 Å². The summed E-state index contributed by atoms with van der Waals surface area (Å²) in [6, 6.07) is -3.35. The molecule has 1 N–H and O–H groups in total. The molecule has 1 saturated heterocycles. The van der Waals surface area contributed by atoms with Crippen molar-refractivity contribution in [2.45, 2.75) is 50.6 Å². The number of nitrogens with zero attached hydrogens (tertiary/aromatic N) is 4. The van der Waals surface area contributed by atoms with E-state index in [0.717, 1.165) is 31.9 Å². The summed E-state index contributed by atoms with van der Waals surface area (Å²) in [6.45, 7) is -0.734. The Morgan fingerprint density at radius 2 is 2.05 bits per heavy atom. The first-order valence-corrected chi connectivity index (χ1v) is 7.75. The summed E-state index contributed by atoms with van der Waals surface area (Å²) < 4.78 is 26.9. The standard InChI is InChI=1S/C14H20F2N4O2/c15-14(16,9-21)20-8-11(17-18-20)13(22)19-7-3-6-12(19)10-4-1-2-5-10/h8,10,12,21H,1-7,9H2. The lowest BCUT2D eigenvalue weighted by Crippen LogP contribution is -2.39. The lowest BCUT2D eigenvalue weighted by molar-refractivity contribution is -0.131. The van der Waals surface area contributed by atoms with E-state index in [4.69, 9.17) is 5.11 Å². The number of amides is 1. The van der Waals surface area contributed by atoms with E-state index in [0.29, 0.717) is 12.5 Å². The van der Waals surface area contributed by atoms with E-state index in [1.165, 1.54) is 12.8 Å². The Labute approximate surface area is 127 Å². The number of rotatable bonds is 4. The van der Waals surface area contributed by atoms with Gasteiger partial charge < -0.3 is 10.0 Å². The van der Waals surface area contributed by atoms with Gasteiger partial charge in [-0.25, -0.2) is 0 Å². The van der Waals surface area contributed by atoms with Crippen molar-refractivity contribution >= 4 is 5.91 Å². The number of halogens is 2. The molecule has 3 rings (SSSR count). The molecule has 2 fully saturated rings. The first-order chi connectivity index (χ1) is 10.5. The number of hydrogen-bond donors (Lipinski definition) is 1. The van der Waals surface area contributed by atoms with Crippen molar-refractivity contribution in [2.24, 2.45) is 5.92 Å². The highest BCUT2D eigenvalue weighted by Crippen LogP contribution is 2.36. The molecule has 1 aliphatic heterocycles. The highest BCUT2D eigenvalue weighted by Gasteiger charge is 2.38. The Kier molecular flexibility index (Phi) is 4.12. The summed E-state index contributed by atoms with van der Waals surface area (Å²) in [5.41, 5.74) is -0.0852. The minimum atomic E-state index is -3.54. The molecule has 0 spiro atoms. The Balaban J connectivity index is 1.75. The number of carbonyl (C=O) groups is 1. The number of aromatic nitrogens is 3. The predicted octanol–water partition coefficient (Wildman–Crippen LogP) is 1.61. The maximum atomic E-state index is 13.3. The molecule has 1 aliphatic carbocycles. The first kappa shape index (κ1) is 15.3. The topological polar surface area (TPSA) is 71.2 Å². The van der Waals surface area contributed by atoms with E-state index >= 15 is 0 Å². The minimum absolute atomic E-state index is 0.0852. The monoisotopic (exact) mass is 314 g/mol. The number of carbonyl (C=O) groups excluding carboxylic acids is 1. The first-order valence-electron chi connectivity index (χ1n) is 7.75. The maximum absolute atomic E-state index is 13.3. The predicted molar refractivity (Wildman–Crippen MR) is 73.3 cm³/mol. The smallest absolute Gasteiger partial charge is 0.367 e. The maximum Gasteiger partial charge on any atom is 0.367 e. The Morgan fingerprint density at radius 1 is 1.32 bits per heavy atom. The Morgan fingerprint density at radius 3 is 2.73 bits per heavy atom. The number of hydrogen-bond acceptors (Lipinski definition) is 4. The van der Waals surface area contributed by atoms with Crippen molar-refractivity contribution in [3.63, 3.8) is 0 Å². The van der Waals surface area contributed by atoms with E-state index in [1.54, 1.807) is 4.90 Å². The average Bonchev–Trinajstić information content (AvgIpc) is 3.25. The highest BCUT2D eigenvalue weighted by atomic mass is 19.3. The van der Waals surface area contributed by atoms with E-state index in [-0.39, 0.29) is 22.3 Å². The fourth-order valence-electron chi connectivity index (χ4n) is 3.62. The number of alkyl halides is 2. The molecule has 1 aromatic heterocycles. The average molecular weight is 314 g/mol. The molecular weight excluding hydrogens is 294 g/mol. The van der Waals surface area contributed by atoms with Crippen LogP contribution in [-0.2, 0) is 6.05 Å². The largest absolute Gasteiger partial charge is 0.388 e. The fourth-order valence-corrected chi connectivity index (χ4v) is 3.62. The molecule has 8 heteroatoms. The summed E-state index contributed by atoms with van der Waals surface area (Å²) in [6.07, 6.45) is 7.48. The van der Waals surface area contributed by atoms with E-state index < -0.39 is 12.7 Å². The van der Waals surface area contributed by atoms with Gasteiger partial charge in [0.25, 0.3) is 5.91 Å². The van der Waals surface area contributed by atoms with E-state index in [9.17, 15) is 13.6 Å². The normalized spacial score (nSPS) is 23.4. The van der Waals surface area contributed by atoms with Gasteiger partial charge in [0.05, 0.1) is 6.20 Å². The van der Waals surface area contributed by atoms with Crippen LogP contribution in [0.5, 0.6) is 0 Å². The third-order valence-corrected chi connectivity index (χ3v) is 4.74. The van der Waals surface area contributed by atoms with Gasteiger partial charge in [-0.05, 0) is 31.6 Å². The zero-order valence-electron chi connectivity index (χ0n) is 12.3. The summed E-state index contributed by atoms with van der Waals surface area (Å²) in [5, 5.41) is 15.5. The van der Waals surface area contributed by atoms with Crippen molar-refractivity contribution in [1.82, 2.24) is 19.9 Å². The van der Waals surface area contributed by atoms with Crippen molar-refractivity contribution in [3.05, 3.63) is 11.9 Å². The molecule has 122 valence electrons. The molecule has 2 aliphatic rings. The van der Waals surface area contributed by atoms with Gasteiger partial charge >= 0.3 is 6.05 Å². The van der Waals surface area contributed by atoms with Gasteiger partial charge in [-0.2, -0.15) is 13.5 Å². The fraction of sp³-hybridized carbons (Fsp3) is 0.786. The quantitative estimate of drug-likeness (QED) is 0.916. The van der Waals surface area contributed by atoms with Crippen LogP contribution in [0.4, 0.5) is 8.78 Å². The minimum Gasteiger partial charge on any atom is -0.388 e. The van der Waals surface area contributed by atoms with Gasteiger partial charge in [0.15, 0.2) is 5.69 Å². The van der Waals surface area contributed by atoms with Gasteiger partial charge in [-0.1, -0.05) is 18.1 Å². The zero-order chi connectivity index (χ0) is 15.7. The SMILES string of the molecule is O=C(c1cn(C(F)(F)CO)nn1)N1CCCC1C1CCCC1. The van der Waals surface area contributed by atoms with Crippen LogP contribution in [0.2, 0.25) is 0 Å². The molecule has 1 amide bonds. The summed E-state index contributed by atoms with van der Waals surface area (Å²) >= 11 is 0. The lowest BCUT2D eigenvalue weighted by Gasteiger charge is -2.28. The number of aliphatic hydroxyl groups excluding tert-OH is 1. The molecule has 1 atom stereocenters. The second kappa shape index (κ2) is 5.91. The summed E-state index contributed by atoms with van der Waals surface area (Å²) in [5.74, 6) is 0.176.